The Morgan fingerprint density at radius 2 is 2.39 bits per heavy atom. The second kappa shape index (κ2) is 7.30. The Morgan fingerprint density at radius 3 is 3.00 bits per heavy atom. The first-order chi connectivity index (χ1) is 8.28. The Bertz CT molecular complexity index is 310. The van der Waals surface area contributed by atoms with Crippen molar-refractivity contribution in [1.82, 2.24) is 10.2 Å². The van der Waals surface area contributed by atoms with E-state index in [0.717, 1.165) is 39.0 Å². The van der Waals surface area contributed by atoms with E-state index >= 15 is 0 Å². The summed E-state index contributed by atoms with van der Waals surface area (Å²) < 4.78 is 18.9. The Labute approximate surface area is 115 Å². The van der Waals surface area contributed by atoms with Gasteiger partial charge in [0.15, 0.2) is 0 Å². The number of hydrogen-bond acceptors (Lipinski definition) is 3. The summed E-state index contributed by atoms with van der Waals surface area (Å²) in [4.78, 5) is 2.23. The third kappa shape index (κ3) is 3.83. The van der Waals surface area contributed by atoms with Crippen LogP contribution in [0.4, 0.5) is 4.39 Å². The van der Waals surface area contributed by atoms with Crippen molar-refractivity contribution in [2.24, 2.45) is 5.92 Å². The number of alkyl halides is 1. The molecule has 0 aromatic heterocycles. The second-order valence-electron chi connectivity index (χ2n) is 5.04. The second-order valence-corrected chi connectivity index (χ2v) is 5.04. The van der Waals surface area contributed by atoms with E-state index in [0.29, 0.717) is 6.73 Å². The van der Waals surface area contributed by atoms with Gasteiger partial charge in [-0.05, 0) is 19.8 Å². The van der Waals surface area contributed by atoms with Gasteiger partial charge in [-0.15, -0.1) is 18.3 Å². The highest BCUT2D eigenvalue weighted by Crippen LogP contribution is 2.33. The van der Waals surface area contributed by atoms with Crippen LogP contribution in [-0.2, 0) is 4.74 Å². The van der Waals surface area contributed by atoms with Gasteiger partial charge >= 0.3 is 0 Å². The van der Waals surface area contributed by atoms with Gasteiger partial charge in [-0.3, -0.25) is 14.6 Å². The molecule has 0 aliphatic carbocycles. The van der Waals surface area contributed by atoms with Crippen molar-refractivity contribution in [3.8, 4) is 11.8 Å². The summed E-state index contributed by atoms with van der Waals surface area (Å²) in [5.41, 5.74) is -0.143. The predicted octanol–water partition coefficient (Wildman–Crippen LogP) is 1.43. The number of hydrogen-bond donors (Lipinski definition) is 1. The average Bonchev–Trinajstić information content (AvgIpc) is 2.36. The largest absolute Gasteiger partial charge is 0.358 e. The molecule has 2 aliphatic rings. The zero-order chi connectivity index (χ0) is 12.1. The van der Waals surface area contributed by atoms with Gasteiger partial charge in [-0.1, -0.05) is 5.92 Å². The molecule has 0 saturated carbocycles. The summed E-state index contributed by atoms with van der Waals surface area (Å²) in [5, 5.41) is 3.18. The van der Waals surface area contributed by atoms with E-state index in [-0.39, 0.29) is 30.6 Å². The molecule has 5 heteroatoms. The normalized spacial score (nSPS) is 32.4. The monoisotopic (exact) mass is 276 g/mol. The fraction of sp³-hybridized carbons (Fsp3) is 0.846. The first-order valence-electron chi connectivity index (χ1n) is 6.30. The van der Waals surface area contributed by atoms with E-state index in [1.54, 1.807) is 0 Å². The number of nitrogens with one attached hydrogen (secondary N) is 1. The summed E-state index contributed by atoms with van der Waals surface area (Å²) in [5.74, 6) is 6.07. The Morgan fingerprint density at radius 1 is 1.56 bits per heavy atom. The zero-order valence-corrected chi connectivity index (χ0v) is 11.7. The lowest BCUT2D eigenvalue weighted by atomic mass is 9.83. The summed E-state index contributed by atoms with van der Waals surface area (Å²) in [6, 6.07) is 0. The van der Waals surface area contributed by atoms with Gasteiger partial charge in [0.05, 0.1) is 25.6 Å². The van der Waals surface area contributed by atoms with E-state index in [2.05, 4.69) is 22.1 Å². The van der Waals surface area contributed by atoms with E-state index in [1.165, 1.54) is 0 Å². The quantitative estimate of drug-likeness (QED) is 0.773. The molecule has 2 rings (SSSR count). The first kappa shape index (κ1) is 15.7. The number of likely N-dealkylation sites (tertiary alicyclic amines) is 1. The van der Waals surface area contributed by atoms with Crippen LogP contribution < -0.4 is 5.32 Å². The number of ether oxygens (including phenoxy) is 1. The molecule has 0 aromatic rings. The van der Waals surface area contributed by atoms with Crippen molar-refractivity contribution in [2.45, 2.75) is 25.4 Å². The minimum Gasteiger partial charge on any atom is -0.358 e. The molecule has 18 heavy (non-hydrogen) atoms. The third-order valence-corrected chi connectivity index (χ3v) is 3.62. The molecule has 2 heterocycles. The maximum absolute atomic E-state index is 13.0. The zero-order valence-electron chi connectivity index (χ0n) is 10.9. The molecule has 3 nitrogen and oxygen atoms in total. The lowest BCUT2D eigenvalue weighted by Crippen LogP contribution is -2.57. The molecule has 1 spiro atoms. The van der Waals surface area contributed by atoms with Gasteiger partial charge in [-0.2, -0.15) is 0 Å². The van der Waals surface area contributed by atoms with E-state index < -0.39 is 0 Å². The molecule has 0 amide bonds. The van der Waals surface area contributed by atoms with Crippen LogP contribution in [-0.4, -0.2) is 50.1 Å². The Kier molecular flexibility index (Phi) is 6.37. The average molecular weight is 277 g/mol. The minimum absolute atomic E-state index is 0. The summed E-state index contributed by atoms with van der Waals surface area (Å²) in [6.45, 7) is 5.57. The topological polar surface area (TPSA) is 24.5 Å². The smallest absolute Gasteiger partial charge is 0.0973 e. The fourth-order valence-electron chi connectivity index (χ4n) is 2.86. The van der Waals surface area contributed by atoms with Gasteiger partial charge in [-0.25, -0.2) is 0 Å². The first-order valence-corrected chi connectivity index (χ1v) is 6.30. The molecular weight excluding hydrogens is 255 g/mol. The molecule has 1 N–H and O–H groups in total. The molecule has 104 valence electrons. The molecular formula is C13H22ClFN2O. The van der Waals surface area contributed by atoms with Crippen molar-refractivity contribution >= 4 is 12.4 Å². The van der Waals surface area contributed by atoms with Crippen LogP contribution >= 0.6 is 12.4 Å². The van der Waals surface area contributed by atoms with Crippen molar-refractivity contribution in [3.05, 3.63) is 0 Å². The Hall–Kier alpha value is -0.340. The SMILES string of the molecule is CC#CCN1CC(CF)CC2(CCNCO2)C1.Cl. The molecule has 0 aromatic carbocycles. The Balaban J connectivity index is 0.00000162. The summed E-state index contributed by atoms with van der Waals surface area (Å²) in [6.07, 6.45) is 1.82. The van der Waals surface area contributed by atoms with Gasteiger partial charge in [0, 0.05) is 25.6 Å². The standard InChI is InChI=1S/C13H21FN2O.ClH/c1-2-3-6-16-9-12(8-14)7-13(10-16)4-5-15-11-17-13;/h12,15H,4-11H2,1H3;1H. The van der Waals surface area contributed by atoms with E-state index in [9.17, 15) is 4.39 Å². The van der Waals surface area contributed by atoms with Gasteiger partial charge in [0.1, 0.15) is 0 Å². The van der Waals surface area contributed by atoms with Crippen LogP contribution in [0.25, 0.3) is 0 Å². The van der Waals surface area contributed by atoms with Crippen LogP contribution in [0.15, 0.2) is 0 Å². The fourth-order valence-corrected chi connectivity index (χ4v) is 2.86. The van der Waals surface area contributed by atoms with E-state index in [1.807, 2.05) is 6.92 Å². The third-order valence-electron chi connectivity index (χ3n) is 3.62. The summed E-state index contributed by atoms with van der Waals surface area (Å²) >= 11 is 0. The van der Waals surface area contributed by atoms with Crippen molar-refractivity contribution in [2.75, 3.05) is 39.6 Å². The highest BCUT2D eigenvalue weighted by Gasteiger charge is 2.41. The van der Waals surface area contributed by atoms with Crippen molar-refractivity contribution in [3.63, 3.8) is 0 Å². The van der Waals surface area contributed by atoms with Gasteiger partial charge in [0.25, 0.3) is 0 Å². The van der Waals surface area contributed by atoms with Crippen molar-refractivity contribution in [1.29, 1.82) is 0 Å². The van der Waals surface area contributed by atoms with E-state index in [4.69, 9.17) is 4.74 Å². The highest BCUT2D eigenvalue weighted by atomic mass is 35.5. The number of rotatable bonds is 2. The molecule has 0 bridgehead atoms. The van der Waals surface area contributed by atoms with Crippen LogP contribution in [0.5, 0.6) is 0 Å². The molecule has 2 aliphatic heterocycles. The molecule has 2 atom stereocenters. The van der Waals surface area contributed by atoms with Crippen LogP contribution in [0.2, 0.25) is 0 Å². The molecule has 0 radical (unpaired) electrons. The molecule has 2 unspecified atom stereocenters. The van der Waals surface area contributed by atoms with Crippen LogP contribution in [0, 0.1) is 17.8 Å². The minimum atomic E-state index is -0.255. The summed E-state index contributed by atoms with van der Waals surface area (Å²) in [7, 11) is 0. The lowest BCUT2D eigenvalue weighted by Gasteiger charge is -2.47. The van der Waals surface area contributed by atoms with Gasteiger partial charge in [0.2, 0.25) is 0 Å². The van der Waals surface area contributed by atoms with Crippen LogP contribution in [0.1, 0.15) is 19.8 Å². The molecule has 2 fully saturated rings. The lowest BCUT2D eigenvalue weighted by molar-refractivity contribution is -0.133. The van der Waals surface area contributed by atoms with Crippen molar-refractivity contribution < 1.29 is 9.13 Å². The predicted molar refractivity (Wildman–Crippen MR) is 72.5 cm³/mol. The number of halogens is 2. The number of piperidine rings is 1. The number of nitrogens with zero attached hydrogens (tertiary/aromatic N) is 1. The van der Waals surface area contributed by atoms with Gasteiger partial charge < -0.3 is 4.74 Å². The highest BCUT2D eigenvalue weighted by molar-refractivity contribution is 5.85. The maximum Gasteiger partial charge on any atom is 0.0973 e. The molecule has 2 saturated heterocycles. The maximum atomic E-state index is 13.0. The van der Waals surface area contributed by atoms with Crippen LogP contribution in [0.3, 0.4) is 0 Å².